The van der Waals surface area contributed by atoms with Gasteiger partial charge >= 0.3 is 0 Å². The Kier molecular flexibility index (Phi) is 4.48. The molecule has 0 aliphatic carbocycles. The van der Waals surface area contributed by atoms with Crippen molar-refractivity contribution in [3.63, 3.8) is 0 Å². The van der Waals surface area contributed by atoms with Crippen molar-refractivity contribution >= 4 is 15.9 Å². The average Bonchev–Trinajstić information content (AvgIpc) is 2.91. The number of aryl methyl sites for hydroxylation is 2. The van der Waals surface area contributed by atoms with E-state index in [9.17, 15) is 0 Å². The van der Waals surface area contributed by atoms with Gasteiger partial charge in [0, 0.05) is 26.2 Å². The summed E-state index contributed by atoms with van der Waals surface area (Å²) in [5, 5.41) is 4.62. The zero-order valence-corrected chi connectivity index (χ0v) is 14.2. The van der Waals surface area contributed by atoms with Crippen LogP contribution in [-0.2, 0) is 20.0 Å². The van der Waals surface area contributed by atoms with Gasteiger partial charge in [-0.05, 0) is 61.2 Å². The Hall–Kier alpha value is -0.390. The number of rotatable bonds is 3. The second-order valence-electron chi connectivity index (χ2n) is 6.11. The first-order valence-corrected chi connectivity index (χ1v) is 8.65. The van der Waals surface area contributed by atoms with E-state index in [0.29, 0.717) is 0 Å². The number of halogens is 1. The van der Waals surface area contributed by atoms with Crippen LogP contribution in [0.1, 0.15) is 37.6 Å². The number of aromatic nitrogens is 2. The predicted octanol–water partition coefficient (Wildman–Crippen LogP) is 2.42. The SMILES string of the molecule is CCc1nn(C)c(CN2CCCN3CCCC3C2)c1Br. The van der Waals surface area contributed by atoms with Crippen LogP contribution in [-0.4, -0.2) is 51.8 Å². The summed E-state index contributed by atoms with van der Waals surface area (Å²) in [5.74, 6) is 0. The number of fused-ring (bicyclic) bond motifs is 1. The Morgan fingerprint density at radius 2 is 2.05 bits per heavy atom. The predicted molar refractivity (Wildman–Crippen MR) is 84.8 cm³/mol. The van der Waals surface area contributed by atoms with Crippen LogP contribution in [0.2, 0.25) is 0 Å². The maximum atomic E-state index is 4.62. The van der Waals surface area contributed by atoms with E-state index in [1.807, 2.05) is 0 Å². The lowest BCUT2D eigenvalue weighted by atomic mass is 10.2. The van der Waals surface area contributed by atoms with Crippen molar-refractivity contribution in [2.24, 2.45) is 7.05 Å². The third kappa shape index (κ3) is 2.81. The largest absolute Gasteiger partial charge is 0.299 e. The van der Waals surface area contributed by atoms with Gasteiger partial charge in [0.1, 0.15) is 0 Å². The highest BCUT2D eigenvalue weighted by Gasteiger charge is 2.29. The van der Waals surface area contributed by atoms with Crippen molar-refractivity contribution in [1.82, 2.24) is 19.6 Å². The minimum absolute atomic E-state index is 0.787. The van der Waals surface area contributed by atoms with E-state index in [-0.39, 0.29) is 0 Å². The van der Waals surface area contributed by atoms with Gasteiger partial charge in [-0.3, -0.25) is 14.5 Å². The fourth-order valence-corrected chi connectivity index (χ4v) is 4.37. The maximum absolute atomic E-state index is 4.62. The lowest BCUT2D eigenvalue weighted by Gasteiger charge is -2.25. The minimum atomic E-state index is 0.787. The van der Waals surface area contributed by atoms with Crippen LogP contribution in [0.25, 0.3) is 0 Å². The molecular formula is C15H25BrN4. The molecule has 1 aromatic heterocycles. The molecule has 1 atom stereocenters. The zero-order valence-electron chi connectivity index (χ0n) is 12.6. The normalized spacial score (nSPS) is 24.9. The Morgan fingerprint density at radius 3 is 2.80 bits per heavy atom. The molecule has 0 aromatic carbocycles. The van der Waals surface area contributed by atoms with Crippen molar-refractivity contribution in [3.8, 4) is 0 Å². The summed E-state index contributed by atoms with van der Waals surface area (Å²) in [6.07, 6.45) is 5.05. The Labute approximate surface area is 130 Å². The summed E-state index contributed by atoms with van der Waals surface area (Å²) in [7, 11) is 2.07. The van der Waals surface area contributed by atoms with Crippen molar-refractivity contribution in [2.75, 3.05) is 26.2 Å². The molecule has 2 fully saturated rings. The van der Waals surface area contributed by atoms with Crippen LogP contribution in [0.4, 0.5) is 0 Å². The zero-order chi connectivity index (χ0) is 14.1. The summed E-state index contributed by atoms with van der Waals surface area (Å²) in [6.45, 7) is 8.22. The fraction of sp³-hybridized carbons (Fsp3) is 0.800. The monoisotopic (exact) mass is 340 g/mol. The van der Waals surface area contributed by atoms with Gasteiger partial charge in [0.25, 0.3) is 0 Å². The molecule has 1 unspecified atom stereocenters. The molecule has 0 saturated carbocycles. The van der Waals surface area contributed by atoms with E-state index in [1.54, 1.807) is 0 Å². The standard InChI is InChI=1S/C15H25BrN4/c1-3-13-15(16)14(18(2)17-13)11-19-7-5-9-20-8-4-6-12(20)10-19/h12H,3-11H2,1-2H3. The van der Waals surface area contributed by atoms with Gasteiger partial charge in [-0.25, -0.2) is 0 Å². The first kappa shape index (κ1) is 14.5. The molecule has 2 saturated heterocycles. The molecule has 112 valence electrons. The molecule has 20 heavy (non-hydrogen) atoms. The lowest BCUT2D eigenvalue weighted by molar-refractivity contribution is 0.212. The van der Waals surface area contributed by atoms with E-state index in [0.717, 1.165) is 19.0 Å². The van der Waals surface area contributed by atoms with Crippen LogP contribution in [0.3, 0.4) is 0 Å². The topological polar surface area (TPSA) is 24.3 Å². The quantitative estimate of drug-likeness (QED) is 0.844. The molecule has 2 aliphatic rings. The van der Waals surface area contributed by atoms with Crippen LogP contribution < -0.4 is 0 Å². The van der Waals surface area contributed by atoms with Gasteiger partial charge in [0.2, 0.25) is 0 Å². The van der Waals surface area contributed by atoms with E-state index in [1.165, 1.54) is 61.3 Å². The highest BCUT2D eigenvalue weighted by molar-refractivity contribution is 9.10. The first-order chi connectivity index (χ1) is 9.69. The first-order valence-electron chi connectivity index (χ1n) is 7.85. The molecular weight excluding hydrogens is 316 g/mol. The van der Waals surface area contributed by atoms with E-state index >= 15 is 0 Å². The maximum Gasteiger partial charge on any atom is 0.0767 e. The van der Waals surface area contributed by atoms with Crippen LogP contribution >= 0.6 is 15.9 Å². The van der Waals surface area contributed by atoms with Crippen molar-refractivity contribution in [3.05, 3.63) is 15.9 Å². The van der Waals surface area contributed by atoms with Crippen LogP contribution in [0, 0.1) is 0 Å². The van der Waals surface area contributed by atoms with E-state index < -0.39 is 0 Å². The van der Waals surface area contributed by atoms with E-state index in [2.05, 4.69) is 49.5 Å². The lowest BCUT2D eigenvalue weighted by Crippen LogP contribution is -2.36. The number of hydrogen-bond acceptors (Lipinski definition) is 3. The Balaban J connectivity index is 1.72. The number of hydrogen-bond donors (Lipinski definition) is 0. The number of nitrogens with zero attached hydrogens (tertiary/aromatic N) is 4. The third-order valence-electron chi connectivity index (χ3n) is 4.76. The van der Waals surface area contributed by atoms with Crippen molar-refractivity contribution < 1.29 is 0 Å². The third-order valence-corrected chi connectivity index (χ3v) is 5.68. The molecule has 3 rings (SSSR count). The molecule has 2 aliphatic heterocycles. The summed E-state index contributed by atoms with van der Waals surface area (Å²) in [5.41, 5.74) is 2.51. The van der Waals surface area contributed by atoms with Gasteiger partial charge in [-0.1, -0.05) is 6.92 Å². The van der Waals surface area contributed by atoms with Crippen LogP contribution in [0.5, 0.6) is 0 Å². The van der Waals surface area contributed by atoms with Gasteiger partial charge in [-0.15, -0.1) is 0 Å². The highest BCUT2D eigenvalue weighted by Crippen LogP contribution is 2.26. The molecule has 4 nitrogen and oxygen atoms in total. The van der Waals surface area contributed by atoms with Crippen molar-refractivity contribution in [2.45, 2.75) is 45.2 Å². The van der Waals surface area contributed by atoms with E-state index in [4.69, 9.17) is 0 Å². The minimum Gasteiger partial charge on any atom is -0.299 e. The Morgan fingerprint density at radius 1 is 1.25 bits per heavy atom. The summed E-state index contributed by atoms with van der Waals surface area (Å²) in [4.78, 5) is 5.31. The molecule has 3 heterocycles. The fourth-order valence-electron chi connectivity index (χ4n) is 3.63. The summed E-state index contributed by atoms with van der Waals surface area (Å²) >= 11 is 3.74. The van der Waals surface area contributed by atoms with Crippen molar-refractivity contribution in [1.29, 1.82) is 0 Å². The molecule has 0 amide bonds. The molecule has 5 heteroatoms. The van der Waals surface area contributed by atoms with Gasteiger partial charge < -0.3 is 0 Å². The second kappa shape index (κ2) is 6.16. The molecule has 0 spiro atoms. The molecule has 1 aromatic rings. The second-order valence-corrected chi connectivity index (χ2v) is 6.90. The highest BCUT2D eigenvalue weighted by atomic mass is 79.9. The van der Waals surface area contributed by atoms with Crippen LogP contribution in [0.15, 0.2) is 4.47 Å². The molecule has 0 bridgehead atoms. The average molecular weight is 341 g/mol. The molecule has 0 N–H and O–H groups in total. The summed E-state index contributed by atoms with van der Waals surface area (Å²) in [6, 6.07) is 0.787. The Bertz CT molecular complexity index is 471. The summed E-state index contributed by atoms with van der Waals surface area (Å²) < 4.78 is 3.27. The van der Waals surface area contributed by atoms with Gasteiger partial charge in [0.05, 0.1) is 15.9 Å². The molecule has 0 radical (unpaired) electrons. The smallest absolute Gasteiger partial charge is 0.0767 e. The van der Waals surface area contributed by atoms with Gasteiger partial charge in [-0.2, -0.15) is 5.10 Å². The van der Waals surface area contributed by atoms with Gasteiger partial charge in [0.15, 0.2) is 0 Å².